The van der Waals surface area contributed by atoms with Gasteiger partial charge in [-0.05, 0) is 72.0 Å². The van der Waals surface area contributed by atoms with Crippen LogP contribution < -0.4 is 0 Å². The summed E-state index contributed by atoms with van der Waals surface area (Å²) in [6, 6.07) is 0. The van der Waals surface area contributed by atoms with Crippen LogP contribution in [0.4, 0.5) is 4.39 Å². The van der Waals surface area contributed by atoms with Crippen LogP contribution >= 0.6 is 15.9 Å². The van der Waals surface area contributed by atoms with E-state index in [1.54, 1.807) is 6.08 Å². The topological polar surface area (TPSA) is 86.7 Å². The predicted molar refractivity (Wildman–Crippen MR) is 121 cm³/mol. The summed E-state index contributed by atoms with van der Waals surface area (Å²) in [7, 11) is 0. The molecule has 4 aliphatic rings. The van der Waals surface area contributed by atoms with Gasteiger partial charge in [-0.3, -0.25) is 19.2 Å². The van der Waals surface area contributed by atoms with Gasteiger partial charge >= 0.3 is 11.9 Å². The molecule has 0 saturated heterocycles. The second-order valence-corrected chi connectivity index (χ2v) is 10.9. The summed E-state index contributed by atoms with van der Waals surface area (Å²) in [5.41, 5.74) is -1.43. The molecule has 33 heavy (non-hydrogen) atoms. The van der Waals surface area contributed by atoms with Gasteiger partial charge in [-0.1, -0.05) is 24.6 Å². The fourth-order valence-electron chi connectivity index (χ4n) is 6.80. The summed E-state index contributed by atoms with van der Waals surface area (Å²) in [4.78, 5) is 49.0. The molecule has 0 aliphatic heterocycles. The van der Waals surface area contributed by atoms with Crippen molar-refractivity contribution in [3.63, 3.8) is 0 Å². The van der Waals surface area contributed by atoms with E-state index in [1.165, 1.54) is 19.9 Å². The van der Waals surface area contributed by atoms with E-state index in [1.807, 2.05) is 19.9 Å². The number of alkyl halides is 1. The molecule has 6 nitrogen and oxygen atoms in total. The fourth-order valence-corrected chi connectivity index (χ4v) is 7.37. The van der Waals surface area contributed by atoms with Crippen LogP contribution in [0.2, 0.25) is 0 Å². The van der Waals surface area contributed by atoms with E-state index in [0.29, 0.717) is 29.3 Å². The number of halogens is 2. The molecule has 0 spiro atoms. The predicted octanol–water partition coefficient (Wildman–Crippen LogP) is 4.32. The number of esters is 2. The molecule has 8 heteroatoms. The van der Waals surface area contributed by atoms with Crippen molar-refractivity contribution in [1.29, 1.82) is 0 Å². The standard InChI is InChI=1S/C25H28BrFO6/c1-13(28)32-12-22(31)25(33-14(2)29)8-6-17-15-9-20(27)18-10-21(30)19(26)11-23(18,3)16(15)5-7-24(17,25)4/h5,10-11,15,17,20H,6-9,12H2,1-4H3/t15?,17?,20?,23-,24+,25+/m1/s1. The molecule has 0 heterocycles. The van der Waals surface area contributed by atoms with Gasteiger partial charge < -0.3 is 9.47 Å². The number of carbonyl (C=O) groups is 4. The van der Waals surface area contributed by atoms with Crippen molar-refractivity contribution in [3.05, 3.63) is 33.9 Å². The van der Waals surface area contributed by atoms with Crippen molar-refractivity contribution >= 4 is 39.4 Å². The maximum Gasteiger partial charge on any atom is 0.303 e. The van der Waals surface area contributed by atoms with Gasteiger partial charge in [-0.25, -0.2) is 4.39 Å². The molecule has 0 aromatic carbocycles. The van der Waals surface area contributed by atoms with Crippen molar-refractivity contribution in [3.8, 4) is 0 Å². The Bertz CT molecular complexity index is 1040. The largest absolute Gasteiger partial charge is 0.458 e. The molecule has 0 amide bonds. The van der Waals surface area contributed by atoms with Gasteiger partial charge in [0, 0.05) is 24.7 Å². The third-order valence-corrected chi connectivity index (χ3v) is 8.91. The molecule has 178 valence electrons. The molecule has 6 atom stereocenters. The van der Waals surface area contributed by atoms with Crippen LogP contribution in [0.3, 0.4) is 0 Å². The number of allylic oxidation sites excluding steroid dienone is 6. The monoisotopic (exact) mass is 522 g/mol. The lowest BCUT2D eigenvalue weighted by Crippen LogP contribution is -2.58. The molecular formula is C25H28BrFO6. The maximum absolute atomic E-state index is 15.5. The van der Waals surface area contributed by atoms with E-state index in [9.17, 15) is 19.2 Å². The highest BCUT2D eigenvalue weighted by atomic mass is 79.9. The van der Waals surface area contributed by atoms with Gasteiger partial charge in [0.2, 0.25) is 5.78 Å². The third kappa shape index (κ3) is 3.47. The van der Waals surface area contributed by atoms with E-state index in [0.717, 1.165) is 5.57 Å². The molecule has 2 saturated carbocycles. The zero-order valence-corrected chi connectivity index (χ0v) is 20.8. The molecule has 2 fully saturated rings. The van der Waals surface area contributed by atoms with E-state index in [4.69, 9.17) is 9.47 Å². The number of ketones is 2. The van der Waals surface area contributed by atoms with Crippen LogP contribution in [0.15, 0.2) is 33.9 Å². The number of hydrogen-bond donors (Lipinski definition) is 0. The van der Waals surface area contributed by atoms with Crippen LogP contribution in [0.1, 0.15) is 53.4 Å². The van der Waals surface area contributed by atoms with Gasteiger partial charge in [-0.2, -0.15) is 0 Å². The van der Waals surface area contributed by atoms with Gasteiger partial charge in [-0.15, -0.1) is 0 Å². The third-order valence-electron chi connectivity index (χ3n) is 8.29. The van der Waals surface area contributed by atoms with Gasteiger partial charge in [0.25, 0.3) is 0 Å². The fraction of sp³-hybridized carbons (Fsp3) is 0.600. The molecule has 0 bridgehead atoms. The summed E-state index contributed by atoms with van der Waals surface area (Å²) < 4.78 is 26.6. The molecule has 0 aromatic heterocycles. The van der Waals surface area contributed by atoms with Crippen LogP contribution in [0, 0.1) is 22.7 Å². The zero-order chi connectivity index (χ0) is 24.3. The average molecular weight is 523 g/mol. The van der Waals surface area contributed by atoms with Crippen LogP contribution in [-0.4, -0.2) is 41.9 Å². The van der Waals surface area contributed by atoms with Crippen molar-refractivity contribution < 1.29 is 33.0 Å². The number of Topliss-reactive ketones (excluding diaryl/α,β-unsaturated/α-hetero) is 1. The highest BCUT2D eigenvalue weighted by Gasteiger charge is 2.67. The van der Waals surface area contributed by atoms with Gasteiger partial charge in [0.15, 0.2) is 18.0 Å². The Kier molecular flexibility index (Phi) is 5.83. The maximum atomic E-state index is 15.5. The number of ether oxygens (including phenoxy) is 2. The summed E-state index contributed by atoms with van der Waals surface area (Å²) >= 11 is 3.32. The Balaban J connectivity index is 1.78. The molecule has 3 unspecified atom stereocenters. The number of hydrogen-bond acceptors (Lipinski definition) is 6. The minimum Gasteiger partial charge on any atom is -0.458 e. The van der Waals surface area contributed by atoms with E-state index < -0.39 is 46.9 Å². The molecule has 0 aromatic rings. The first-order valence-corrected chi connectivity index (χ1v) is 12.0. The van der Waals surface area contributed by atoms with Crippen LogP contribution in [0.5, 0.6) is 0 Å². The van der Waals surface area contributed by atoms with E-state index in [2.05, 4.69) is 15.9 Å². The molecule has 0 N–H and O–H groups in total. The molecule has 4 aliphatic carbocycles. The van der Waals surface area contributed by atoms with Gasteiger partial charge in [0.1, 0.15) is 6.17 Å². The van der Waals surface area contributed by atoms with Crippen molar-refractivity contribution in [2.24, 2.45) is 22.7 Å². The van der Waals surface area contributed by atoms with E-state index >= 15 is 4.39 Å². The Hall–Kier alpha value is -2.09. The van der Waals surface area contributed by atoms with Crippen LogP contribution in [0.25, 0.3) is 0 Å². The summed E-state index contributed by atoms with van der Waals surface area (Å²) in [6.07, 6.45) is 5.46. The Morgan fingerprint density at radius 3 is 2.52 bits per heavy atom. The Morgan fingerprint density at radius 1 is 1.18 bits per heavy atom. The minimum atomic E-state index is -1.44. The summed E-state index contributed by atoms with van der Waals surface area (Å²) in [6.45, 7) is 5.86. The van der Waals surface area contributed by atoms with Crippen molar-refractivity contribution in [2.45, 2.75) is 65.2 Å². The number of carbonyl (C=O) groups excluding carboxylic acids is 4. The average Bonchev–Trinajstić information content (AvgIpc) is 3.01. The Morgan fingerprint density at radius 2 is 1.88 bits per heavy atom. The highest BCUT2D eigenvalue weighted by molar-refractivity contribution is 9.12. The van der Waals surface area contributed by atoms with Crippen molar-refractivity contribution in [2.75, 3.05) is 6.61 Å². The molecule has 0 radical (unpaired) electrons. The normalized spacial score (nSPS) is 39.3. The zero-order valence-electron chi connectivity index (χ0n) is 19.2. The first-order chi connectivity index (χ1) is 15.4. The van der Waals surface area contributed by atoms with Crippen molar-refractivity contribution in [1.82, 2.24) is 0 Å². The Labute approximate surface area is 200 Å². The summed E-state index contributed by atoms with van der Waals surface area (Å²) in [5.74, 6) is -2.14. The number of fused-ring (bicyclic) bond motifs is 5. The lowest BCUT2D eigenvalue weighted by molar-refractivity contribution is -0.184. The van der Waals surface area contributed by atoms with E-state index in [-0.39, 0.29) is 24.0 Å². The molecule has 4 rings (SSSR count). The summed E-state index contributed by atoms with van der Waals surface area (Å²) in [5, 5.41) is 0. The quantitative estimate of drug-likeness (QED) is 0.403. The second-order valence-electron chi connectivity index (χ2n) is 10.0. The van der Waals surface area contributed by atoms with Crippen LogP contribution in [-0.2, 0) is 28.7 Å². The smallest absolute Gasteiger partial charge is 0.303 e. The lowest BCUT2D eigenvalue weighted by Gasteiger charge is -2.54. The SMILES string of the molecule is CC(=O)OCC(=O)[C@@]1(OC(C)=O)CCC2C3CC(F)C4=CC(=O)C(Br)=C[C@]4(C)C3=CC[C@@]21C. The highest BCUT2D eigenvalue weighted by Crippen LogP contribution is 2.66. The lowest BCUT2D eigenvalue weighted by atomic mass is 9.51. The minimum absolute atomic E-state index is 0.112. The first kappa shape index (κ1) is 24.0. The molecular weight excluding hydrogens is 495 g/mol. The van der Waals surface area contributed by atoms with Gasteiger partial charge in [0.05, 0.1) is 4.48 Å². The number of rotatable bonds is 4. The first-order valence-electron chi connectivity index (χ1n) is 11.2. The second kappa shape index (κ2) is 8.00.